The van der Waals surface area contributed by atoms with Crippen LogP contribution < -0.4 is 16.8 Å². The summed E-state index contributed by atoms with van der Waals surface area (Å²) in [5, 5.41) is 17.7. The van der Waals surface area contributed by atoms with Crippen LogP contribution in [-0.4, -0.2) is 39.6 Å². The highest BCUT2D eigenvalue weighted by molar-refractivity contribution is 5.91. The predicted octanol–water partition coefficient (Wildman–Crippen LogP) is 5.25. The van der Waals surface area contributed by atoms with E-state index in [1.54, 1.807) is 13.0 Å². The molecule has 3 rings (SSSR count). The summed E-state index contributed by atoms with van der Waals surface area (Å²) in [6.45, 7) is 8.32. The number of ether oxygens (including phenoxy) is 1. The Bertz CT molecular complexity index is 986. The van der Waals surface area contributed by atoms with Gasteiger partial charge in [0.05, 0.1) is 10.5 Å². The van der Waals surface area contributed by atoms with Crippen molar-refractivity contribution >= 4 is 23.4 Å². The number of esters is 1. The van der Waals surface area contributed by atoms with Gasteiger partial charge in [0.25, 0.3) is 0 Å². The molecule has 186 valence electrons. The molecule has 1 fully saturated rings. The number of hydrogen-bond donors (Lipinski definition) is 3. The monoisotopic (exact) mass is 472 g/mol. The van der Waals surface area contributed by atoms with Gasteiger partial charge in [-0.3, -0.25) is 10.1 Å². The topological polar surface area (TPSA) is 154 Å². The average Bonchev–Trinajstić information content (AvgIpc) is 3.26. The second-order valence-electron chi connectivity index (χ2n) is 9.54. The number of nitrogens with zero attached hydrogens (tertiary/aromatic N) is 3. The molecule has 0 spiro atoms. The summed E-state index contributed by atoms with van der Waals surface area (Å²) in [4.78, 5) is 32.0. The summed E-state index contributed by atoms with van der Waals surface area (Å²) >= 11 is 0. The van der Waals surface area contributed by atoms with Crippen LogP contribution in [0.3, 0.4) is 0 Å². The van der Waals surface area contributed by atoms with Gasteiger partial charge in [0.15, 0.2) is 0 Å². The van der Waals surface area contributed by atoms with Crippen LogP contribution in [0.15, 0.2) is 30.5 Å². The normalized spacial score (nSPS) is 14.7. The smallest absolute Gasteiger partial charge is 0.338 e. The highest BCUT2D eigenvalue weighted by Crippen LogP contribution is 2.27. The van der Waals surface area contributed by atoms with Gasteiger partial charge in [0.2, 0.25) is 11.8 Å². The number of carbonyl (C=O) groups is 1. The van der Waals surface area contributed by atoms with Crippen molar-refractivity contribution in [3.8, 4) is 0 Å². The molecule has 0 saturated heterocycles. The number of aromatic nitrogens is 2. The van der Waals surface area contributed by atoms with Crippen LogP contribution in [0.5, 0.6) is 0 Å². The molecule has 1 unspecified atom stereocenters. The minimum atomic E-state index is -0.505. The maximum atomic E-state index is 12.7. The van der Waals surface area contributed by atoms with Gasteiger partial charge in [-0.1, -0.05) is 51.8 Å². The van der Waals surface area contributed by atoms with E-state index in [1.807, 2.05) is 18.2 Å². The van der Waals surface area contributed by atoms with Crippen LogP contribution in [0.25, 0.3) is 0 Å². The molecule has 1 aromatic carbocycles. The number of benzene rings is 1. The first-order chi connectivity index (χ1) is 15.6. The summed E-state index contributed by atoms with van der Waals surface area (Å²) in [5.41, 5.74) is 1.12. The van der Waals surface area contributed by atoms with E-state index < -0.39 is 4.92 Å². The van der Waals surface area contributed by atoms with Crippen molar-refractivity contribution in [3.05, 3.63) is 51.7 Å². The lowest BCUT2D eigenvalue weighted by atomic mass is 9.84. The molecule has 1 atom stereocenters. The third-order valence-electron chi connectivity index (χ3n) is 5.76. The standard InChI is InChI=1S/C24H33N5O4.H3N/c1-16(33-22(30)18-11-7-8-12-19(18)24(2,3)4)13-14-25-21-20(29(31)32)15-26-23(28-21)27-17-9-5-6-10-17;/h7-8,11-12,15-17H,5-6,9-10,13-14H2,1-4H3,(H2,25,26,27,28);1H3. The van der Waals surface area contributed by atoms with Crippen LogP contribution in [0.4, 0.5) is 17.5 Å². The number of nitrogens with one attached hydrogen (secondary N) is 2. The Morgan fingerprint density at radius 2 is 1.94 bits per heavy atom. The quantitative estimate of drug-likeness (QED) is 0.252. The summed E-state index contributed by atoms with van der Waals surface area (Å²) in [7, 11) is 0. The van der Waals surface area contributed by atoms with Gasteiger partial charge in [-0.25, -0.2) is 9.78 Å². The van der Waals surface area contributed by atoms with Crippen molar-refractivity contribution in [2.24, 2.45) is 0 Å². The minimum Gasteiger partial charge on any atom is -0.459 e. The fourth-order valence-corrected chi connectivity index (χ4v) is 3.98. The molecule has 1 aliphatic carbocycles. The Hall–Kier alpha value is -3.27. The lowest BCUT2D eigenvalue weighted by Gasteiger charge is -2.23. The van der Waals surface area contributed by atoms with E-state index in [1.165, 1.54) is 6.20 Å². The molecule has 0 bridgehead atoms. The molecule has 34 heavy (non-hydrogen) atoms. The van der Waals surface area contributed by atoms with Crippen LogP contribution in [0, 0.1) is 10.1 Å². The van der Waals surface area contributed by atoms with Crippen molar-refractivity contribution in [1.82, 2.24) is 16.1 Å². The molecule has 1 heterocycles. The van der Waals surface area contributed by atoms with Gasteiger partial charge < -0.3 is 21.5 Å². The highest BCUT2D eigenvalue weighted by atomic mass is 16.6. The largest absolute Gasteiger partial charge is 0.459 e. The van der Waals surface area contributed by atoms with Crippen LogP contribution in [0.2, 0.25) is 0 Å². The molecule has 0 radical (unpaired) electrons. The first kappa shape index (κ1) is 27.0. The molecule has 10 nitrogen and oxygen atoms in total. The van der Waals surface area contributed by atoms with E-state index >= 15 is 0 Å². The Balaban J connectivity index is 0.00000408. The summed E-state index contributed by atoms with van der Waals surface area (Å²) in [6, 6.07) is 7.75. The van der Waals surface area contributed by atoms with E-state index in [0.29, 0.717) is 30.5 Å². The Labute approximate surface area is 200 Å². The Morgan fingerprint density at radius 3 is 2.59 bits per heavy atom. The molecule has 0 aliphatic heterocycles. The van der Waals surface area contributed by atoms with Gasteiger partial charge in [0.1, 0.15) is 12.3 Å². The average molecular weight is 473 g/mol. The molecular formula is C24H36N6O4. The molecule has 1 saturated carbocycles. The maximum Gasteiger partial charge on any atom is 0.338 e. The van der Waals surface area contributed by atoms with Crippen molar-refractivity contribution in [1.29, 1.82) is 0 Å². The lowest BCUT2D eigenvalue weighted by molar-refractivity contribution is -0.384. The summed E-state index contributed by atoms with van der Waals surface area (Å²) < 4.78 is 5.64. The third kappa shape index (κ3) is 7.11. The van der Waals surface area contributed by atoms with E-state index in [-0.39, 0.29) is 35.1 Å². The molecule has 1 aromatic heterocycles. The van der Waals surface area contributed by atoms with Crippen LogP contribution in [-0.2, 0) is 10.2 Å². The van der Waals surface area contributed by atoms with Crippen LogP contribution in [0.1, 0.15) is 75.7 Å². The second-order valence-corrected chi connectivity index (χ2v) is 9.54. The van der Waals surface area contributed by atoms with Crippen molar-refractivity contribution in [2.45, 2.75) is 77.4 Å². The molecule has 1 aliphatic rings. The minimum absolute atomic E-state index is 0. The fraction of sp³-hybridized carbons (Fsp3) is 0.542. The number of rotatable bonds is 9. The number of hydrogen-bond acceptors (Lipinski definition) is 9. The fourth-order valence-electron chi connectivity index (χ4n) is 3.98. The lowest BCUT2D eigenvalue weighted by Crippen LogP contribution is -2.23. The molecule has 0 amide bonds. The first-order valence-corrected chi connectivity index (χ1v) is 11.5. The van der Waals surface area contributed by atoms with E-state index in [9.17, 15) is 14.9 Å². The van der Waals surface area contributed by atoms with Gasteiger partial charge in [-0.2, -0.15) is 4.98 Å². The molecule has 5 N–H and O–H groups in total. The van der Waals surface area contributed by atoms with Crippen molar-refractivity contribution in [2.75, 3.05) is 17.2 Å². The zero-order valence-corrected chi connectivity index (χ0v) is 20.5. The summed E-state index contributed by atoms with van der Waals surface area (Å²) in [6.07, 6.45) is 5.72. The number of anilines is 2. The molecular weight excluding hydrogens is 436 g/mol. The van der Waals surface area contributed by atoms with Crippen molar-refractivity contribution < 1.29 is 14.5 Å². The van der Waals surface area contributed by atoms with E-state index in [2.05, 4.69) is 41.4 Å². The molecule has 2 aromatic rings. The van der Waals surface area contributed by atoms with Gasteiger partial charge >= 0.3 is 11.7 Å². The van der Waals surface area contributed by atoms with Gasteiger partial charge in [0, 0.05) is 19.0 Å². The summed E-state index contributed by atoms with van der Waals surface area (Å²) in [5.74, 6) is 0.171. The maximum absolute atomic E-state index is 12.7. The van der Waals surface area contributed by atoms with Crippen molar-refractivity contribution in [3.63, 3.8) is 0 Å². The Morgan fingerprint density at radius 1 is 1.26 bits per heavy atom. The predicted molar refractivity (Wildman–Crippen MR) is 133 cm³/mol. The van der Waals surface area contributed by atoms with Crippen LogP contribution >= 0.6 is 0 Å². The zero-order valence-electron chi connectivity index (χ0n) is 20.5. The molecule has 10 heteroatoms. The second kappa shape index (κ2) is 11.7. The highest BCUT2D eigenvalue weighted by Gasteiger charge is 2.24. The zero-order chi connectivity index (χ0) is 24.0. The SMILES string of the molecule is CC(CCNc1nc(NC2CCCC2)ncc1[N+](=O)[O-])OC(=O)c1ccccc1C(C)(C)C.N. The Kier molecular flexibility index (Phi) is 9.31. The first-order valence-electron chi connectivity index (χ1n) is 11.5. The third-order valence-corrected chi connectivity index (χ3v) is 5.76. The van der Waals surface area contributed by atoms with E-state index in [4.69, 9.17) is 4.74 Å². The van der Waals surface area contributed by atoms with E-state index in [0.717, 1.165) is 31.2 Å². The van der Waals surface area contributed by atoms with Gasteiger partial charge in [-0.05, 0) is 36.8 Å². The number of carbonyl (C=O) groups excluding carboxylic acids is 1. The number of nitro groups is 1. The van der Waals surface area contributed by atoms with Gasteiger partial charge in [-0.15, -0.1) is 0 Å².